The summed E-state index contributed by atoms with van der Waals surface area (Å²) in [4.78, 5) is 13.7. The molecule has 2 aromatic carbocycles. The zero-order chi connectivity index (χ0) is 17.8. The van der Waals surface area contributed by atoms with Crippen LogP contribution in [-0.4, -0.2) is 23.1 Å². The molecule has 0 bridgehead atoms. The van der Waals surface area contributed by atoms with Crippen LogP contribution in [-0.2, 0) is 13.0 Å². The third-order valence-corrected chi connectivity index (χ3v) is 4.95. The summed E-state index contributed by atoms with van der Waals surface area (Å²) in [6, 6.07) is 21.3. The van der Waals surface area contributed by atoms with Gasteiger partial charge in [-0.3, -0.25) is 0 Å². The first kappa shape index (κ1) is 16.6. The molecule has 132 valence electrons. The van der Waals surface area contributed by atoms with Crippen LogP contribution in [0.5, 0.6) is 0 Å². The molecule has 2 heterocycles. The van der Waals surface area contributed by atoms with Crippen molar-refractivity contribution < 1.29 is 0 Å². The van der Waals surface area contributed by atoms with Crippen LogP contribution in [0.2, 0.25) is 0 Å². The van der Waals surface area contributed by atoms with Crippen LogP contribution in [0.4, 0.5) is 17.3 Å². The quantitative estimate of drug-likeness (QED) is 0.678. The van der Waals surface area contributed by atoms with Crippen molar-refractivity contribution >= 4 is 17.3 Å². The molecule has 0 unspecified atom stereocenters. The van der Waals surface area contributed by atoms with Crippen molar-refractivity contribution in [2.75, 3.05) is 22.9 Å². The van der Waals surface area contributed by atoms with Crippen LogP contribution >= 0.6 is 0 Å². The third kappa shape index (κ3) is 3.40. The van der Waals surface area contributed by atoms with Crippen LogP contribution in [0.1, 0.15) is 24.5 Å². The molecule has 4 rings (SSSR count). The van der Waals surface area contributed by atoms with Crippen LogP contribution in [0.3, 0.4) is 0 Å². The third-order valence-electron chi connectivity index (χ3n) is 4.95. The van der Waals surface area contributed by atoms with Crippen molar-refractivity contribution in [3.05, 3.63) is 78.1 Å². The maximum absolute atomic E-state index is 4.57. The van der Waals surface area contributed by atoms with Crippen LogP contribution in [0.15, 0.2) is 67.0 Å². The molecule has 0 saturated carbocycles. The number of hydrogen-bond donors (Lipinski definition) is 0. The van der Waals surface area contributed by atoms with Gasteiger partial charge in [0.25, 0.3) is 0 Å². The highest BCUT2D eigenvalue weighted by Gasteiger charge is 2.19. The van der Waals surface area contributed by atoms with Gasteiger partial charge in [0.05, 0.1) is 0 Å². The summed E-state index contributed by atoms with van der Waals surface area (Å²) >= 11 is 0. The molecular formula is C22H24N4. The van der Waals surface area contributed by atoms with E-state index in [0.717, 1.165) is 44.1 Å². The highest BCUT2D eigenvalue weighted by Crippen LogP contribution is 2.33. The predicted molar refractivity (Wildman–Crippen MR) is 107 cm³/mol. The van der Waals surface area contributed by atoms with Crippen molar-refractivity contribution in [3.63, 3.8) is 0 Å². The number of para-hydroxylation sites is 1. The zero-order valence-corrected chi connectivity index (χ0v) is 15.2. The van der Waals surface area contributed by atoms with E-state index in [-0.39, 0.29) is 0 Å². The number of hydrogen-bond acceptors (Lipinski definition) is 4. The Labute approximate surface area is 155 Å². The molecule has 1 aromatic heterocycles. The number of fused-ring (bicyclic) bond motifs is 1. The SMILES string of the molecule is CCN(Cc1ccccc1)c1cc(N2CCCc3ccccc32)ncn1. The second-order valence-electron chi connectivity index (χ2n) is 6.62. The van der Waals surface area contributed by atoms with E-state index in [9.17, 15) is 0 Å². The Bertz CT molecular complexity index is 863. The lowest BCUT2D eigenvalue weighted by molar-refractivity contribution is 0.755. The van der Waals surface area contributed by atoms with Gasteiger partial charge in [0.1, 0.15) is 18.0 Å². The largest absolute Gasteiger partial charge is 0.352 e. The topological polar surface area (TPSA) is 32.3 Å². The first-order chi connectivity index (χ1) is 12.8. The summed E-state index contributed by atoms with van der Waals surface area (Å²) in [6.45, 7) is 4.92. The lowest BCUT2D eigenvalue weighted by Gasteiger charge is -2.31. The van der Waals surface area contributed by atoms with Gasteiger partial charge in [-0.25, -0.2) is 9.97 Å². The standard InChI is InChI=1S/C22H24N4/c1-2-25(16-18-9-4-3-5-10-18)21-15-22(24-17-23-21)26-14-8-12-19-11-6-7-13-20(19)26/h3-7,9-11,13,15,17H,2,8,12,14,16H2,1H3. The number of aromatic nitrogens is 2. The molecule has 1 aliphatic heterocycles. The van der Waals surface area contributed by atoms with E-state index in [1.807, 2.05) is 0 Å². The Morgan fingerprint density at radius 1 is 1.00 bits per heavy atom. The monoisotopic (exact) mass is 344 g/mol. The van der Waals surface area contributed by atoms with Gasteiger partial charge < -0.3 is 9.80 Å². The zero-order valence-electron chi connectivity index (χ0n) is 15.2. The Hall–Kier alpha value is -2.88. The fraction of sp³-hybridized carbons (Fsp3) is 0.273. The van der Waals surface area contributed by atoms with Crippen molar-refractivity contribution in [1.29, 1.82) is 0 Å². The molecule has 0 saturated heterocycles. The first-order valence-electron chi connectivity index (χ1n) is 9.31. The van der Waals surface area contributed by atoms with E-state index in [1.54, 1.807) is 6.33 Å². The first-order valence-corrected chi connectivity index (χ1v) is 9.31. The van der Waals surface area contributed by atoms with Crippen molar-refractivity contribution in [3.8, 4) is 0 Å². The summed E-state index contributed by atoms with van der Waals surface area (Å²) in [5, 5.41) is 0. The van der Waals surface area contributed by atoms with Crippen LogP contribution in [0.25, 0.3) is 0 Å². The Morgan fingerprint density at radius 3 is 2.65 bits per heavy atom. The molecule has 0 fully saturated rings. The molecule has 0 amide bonds. The minimum atomic E-state index is 0.852. The van der Waals surface area contributed by atoms with Gasteiger partial charge in [-0.15, -0.1) is 0 Å². The lowest BCUT2D eigenvalue weighted by atomic mass is 10.0. The van der Waals surface area contributed by atoms with E-state index in [2.05, 4.69) is 87.4 Å². The van der Waals surface area contributed by atoms with E-state index in [4.69, 9.17) is 0 Å². The minimum absolute atomic E-state index is 0.852. The average Bonchev–Trinajstić information content (AvgIpc) is 2.72. The molecule has 0 N–H and O–H groups in total. The van der Waals surface area contributed by atoms with E-state index >= 15 is 0 Å². The Balaban J connectivity index is 1.62. The smallest absolute Gasteiger partial charge is 0.138 e. The summed E-state index contributed by atoms with van der Waals surface area (Å²) < 4.78 is 0. The minimum Gasteiger partial charge on any atom is -0.352 e. The summed E-state index contributed by atoms with van der Waals surface area (Å²) in [5.74, 6) is 1.96. The van der Waals surface area contributed by atoms with Gasteiger partial charge in [0, 0.05) is 31.4 Å². The van der Waals surface area contributed by atoms with Crippen molar-refractivity contribution in [1.82, 2.24) is 9.97 Å². The number of nitrogens with zero attached hydrogens (tertiary/aromatic N) is 4. The second-order valence-corrected chi connectivity index (χ2v) is 6.62. The van der Waals surface area contributed by atoms with Crippen molar-refractivity contribution in [2.24, 2.45) is 0 Å². The number of anilines is 3. The molecule has 0 radical (unpaired) electrons. The summed E-state index contributed by atoms with van der Waals surface area (Å²) in [6.07, 6.45) is 3.98. The Kier molecular flexibility index (Phi) is 4.82. The van der Waals surface area contributed by atoms with Gasteiger partial charge in [0.15, 0.2) is 0 Å². The lowest BCUT2D eigenvalue weighted by Crippen LogP contribution is -2.27. The maximum Gasteiger partial charge on any atom is 0.138 e. The predicted octanol–water partition coefficient (Wildman–Crippen LogP) is 4.59. The van der Waals surface area contributed by atoms with Gasteiger partial charge in [0.2, 0.25) is 0 Å². The Morgan fingerprint density at radius 2 is 1.81 bits per heavy atom. The van der Waals surface area contributed by atoms with Gasteiger partial charge in [-0.1, -0.05) is 48.5 Å². The maximum atomic E-state index is 4.57. The normalized spacial score (nSPS) is 13.3. The molecule has 0 aliphatic carbocycles. The molecule has 4 heteroatoms. The molecule has 0 atom stereocenters. The molecule has 0 spiro atoms. The summed E-state index contributed by atoms with van der Waals surface area (Å²) in [5.41, 5.74) is 3.96. The fourth-order valence-corrected chi connectivity index (χ4v) is 3.59. The van der Waals surface area contributed by atoms with E-state index < -0.39 is 0 Å². The average molecular weight is 344 g/mol. The van der Waals surface area contributed by atoms with Crippen molar-refractivity contribution in [2.45, 2.75) is 26.3 Å². The summed E-state index contributed by atoms with van der Waals surface area (Å²) in [7, 11) is 0. The highest BCUT2D eigenvalue weighted by molar-refractivity contribution is 5.67. The van der Waals surface area contributed by atoms with Gasteiger partial charge >= 0.3 is 0 Å². The van der Waals surface area contributed by atoms with Gasteiger partial charge in [-0.2, -0.15) is 0 Å². The highest BCUT2D eigenvalue weighted by atomic mass is 15.2. The van der Waals surface area contributed by atoms with Crippen LogP contribution in [0, 0.1) is 0 Å². The molecule has 3 aromatic rings. The fourth-order valence-electron chi connectivity index (χ4n) is 3.59. The number of aryl methyl sites for hydroxylation is 1. The van der Waals surface area contributed by atoms with E-state index in [0.29, 0.717) is 0 Å². The van der Waals surface area contributed by atoms with Crippen LogP contribution < -0.4 is 9.80 Å². The molecular weight excluding hydrogens is 320 g/mol. The van der Waals surface area contributed by atoms with Gasteiger partial charge in [-0.05, 0) is 37.0 Å². The second kappa shape index (κ2) is 7.56. The van der Waals surface area contributed by atoms with E-state index in [1.165, 1.54) is 16.8 Å². The molecule has 1 aliphatic rings. The molecule has 26 heavy (non-hydrogen) atoms. The molecule has 4 nitrogen and oxygen atoms in total. The number of benzene rings is 2. The number of rotatable bonds is 5.